The Labute approximate surface area is 177 Å². The fourth-order valence-corrected chi connectivity index (χ4v) is 3.17. The Morgan fingerprint density at radius 2 is 2.00 bits per heavy atom. The summed E-state index contributed by atoms with van der Waals surface area (Å²) in [5.41, 5.74) is 3.28. The Kier molecular flexibility index (Phi) is 5.53. The number of aromatic nitrogens is 1. The number of nitrogens with one attached hydrogen (secondary N) is 2. The molecule has 1 atom stereocenters. The van der Waals surface area contributed by atoms with Crippen LogP contribution in [0.15, 0.2) is 83.8 Å². The molecular formula is C23H19N3O5. The molecule has 0 aliphatic carbocycles. The first kappa shape index (κ1) is 20.0. The Balaban J connectivity index is 1.54. The molecule has 0 saturated heterocycles. The van der Waals surface area contributed by atoms with E-state index < -0.39 is 17.0 Å². The van der Waals surface area contributed by atoms with E-state index in [1.54, 1.807) is 55.6 Å². The van der Waals surface area contributed by atoms with Crippen LogP contribution in [0.1, 0.15) is 29.1 Å². The standard InChI is InChI=1S/C23H19N3O5/c1-15(20-6-3-10-24-20)31-23(27)17-4-2-5-19(12-17)25-21-8-7-16(13-22(21)26(28)29)18-9-11-30-14-18/h2-15,24-25H,1H3. The fraction of sp³-hybridized carbons (Fsp3) is 0.0870. The number of esters is 1. The molecule has 0 spiro atoms. The zero-order chi connectivity index (χ0) is 21.8. The summed E-state index contributed by atoms with van der Waals surface area (Å²) >= 11 is 0. The van der Waals surface area contributed by atoms with Gasteiger partial charge in [-0.1, -0.05) is 12.1 Å². The van der Waals surface area contributed by atoms with Crippen molar-refractivity contribution in [1.29, 1.82) is 0 Å². The number of nitrogens with zero attached hydrogens (tertiary/aromatic N) is 1. The molecule has 31 heavy (non-hydrogen) atoms. The number of rotatable bonds is 7. The molecule has 0 aliphatic heterocycles. The summed E-state index contributed by atoms with van der Waals surface area (Å²) in [5.74, 6) is -0.490. The van der Waals surface area contributed by atoms with Gasteiger partial charge < -0.3 is 19.5 Å². The highest BCUT2D eigenvalue weighted by Crippen LogP contribution is 2.33. The zero-order valence-corrected chi connectivity index (χ0v) is 16.6. The number of anilines is 2. The lowest BCUT2D eigenvalue weighted by atomic mass is 10.1. The predicted molar refractivity (Wildman–Crippen MR) is 115 cm³/mol. The molecule has 2 aromatic carbocycles. The quantitative estimate of drug-likeness (QED) is 0.222. The molecule has 0 saturated carbocycles. The number of nitro benzene ring substituents is 1. The monoisotopic (exact) mass is 417 g/mol. The number of carbonyl (C=O) groups excluding carboxylic acids is 1. The maximum absolute atomic E-state index is 12.5. The number of hydrogen-bond donors (Lipinski definition) is 2. The highest BCUT2D eigenvalue weighted by Gasteiger charge is 2.18. The topological polar surface area (TPSA) is 110 Å². The molecule has 156 valence electrons. The number of ether oxygens (including phenoxy) is 1. The van der Waals surface area contributed by atoms with Crippen LogP contribution in [-0.4, -0.2) is 15.9 Å². The van der Waals surface area contributed by atoms with Crippen LogP contribution >= 0.6 is 0 Å². The van der Waals surface area contributed by atoms with Gasteiger partial charge in [0.1, 0.15) is 11.8 Å². The Hall–Kier alpha value is -4.33. The van der Waals surface area contributed by atoms with Gasteiger partial charge in [-0.05, 0) is 55.0 Å². The number of furan rings is 1. The smallest absolute Gasteiger partial charge is 0.338 e. The van der Waals surface area contributed by atoms with E-state index in [2.05, 4.69) is 10.3 Å². The van der Waals surface area contributed by atoms with Crippen LogP contribution in [0.25, 0.3) is 11.1 Å². The molecule has 2 aromatic heterocycles. The summed E-state index contributed by atoms with van der Waals surface area (Å²) in [6.07, 6.45) is 4.36. The van der Waals surface area contributed by atoms with Gasteiger partial charge in [0, 0.05) is 23.5 Å². The van der Waals surface area contributed by atoms with E-state index in [-0.39, 0.29) is 5.69 Å². The van der Waals surface area contributed by atoms with Crippen LogP contribution in [0.4, 0.5) is 17.1 Å². The van der Waals surface area contributed by atoms with Crippen LogP contribution in [0.3, 0.4) is 0 Å². The summed E-state index contributed by atoms with van der Waals surface area (Å²) in [5, 5.41) is 14.6. The molecule has 2 N–H and O–H groups in total. The van der Waals surface area contributed by atoms with Gasteiger partial charge in [0.25, 0.3) is 5.69 Å². The molecule has 0 fully saturated rings. The van der Waals surface area contributed by atoms with Gasteiger partial charge in [0.05, 0.1) is 28.7 Å². The SMILES string of the molecule is CC(OC(=O)c1cccc(Nc2ccc(-c3ccoc3)cc2[N+](=O)[O-])c1)c1ccc[nH]1. The summed E-state index contributed by atoms with van der Waals surface area (Å²) in [4.78, 5) is 26.7. The van der Waals surface area contributed by atoms with Crippen molar-refractivity contribution in [1.82, 2.24) is 4.98 Å². The lowest BCUT2D eigenvalue weighted by Crippen LogP contribution is -2.09. The van der Waals surface area contributed by atoms with E-state index in [0.29, 0.717) is 22.5 Å². The molecule has 4 rings (SSSR count). The van der Waals surface area contributed by atoms with Crippen molar-refractivity contribution >= 4 is 23.0 Å². The largest absolute Gasteiger partial charge is 0.472 e. The van der Waals surface area contributed by atoms with Gasteiger partial charge in [-0.15, -0.1) is 0 Å². The summed E-state index contributed by atoms with van der Waals surface area (Å²) < 4.78 is 10.5. The van der Waals surface area contributed by atoms with Crippen LogP contribution in [0.5, 0.6) is 0 Å². The first-order valence-electron chi connectivity index (χ1n) is 9.53. The normalized spacial score (nSPS) is 11.6. The highest BCUT2D eigenvalue weighted by molar-refractivity contribution is 5.91. The Bertz CT molecular complexity index is 1200. The second kappa shape index (κ2) is 8.58. The van der Waals surface area contributed by atoms with Gasteiger partial charge in [0.2, 0.25) is 0 Å². The molecule has 8 nitrogen and oxygen atoms in total. The third-order valence-electron chi connectivity index (χ3n) is 4.77. The maximum Gasteiger partial charge on any atom is 0.338 e. The fourth-order valence-electron chi connectivity index (χ4n) is 3.17. The average Bonchev–Trinajstić information content (AvgIpc) is 3.48. The van der Waals surface area contributed by atoms with E-state index >= 15 is 0 Å². The van der Waals surface area contributed by atoms with Crippen molar-refractivity contribution in [2.24, 2.45) is 0 Å². The second-order valence-electron chi connectivity index (χ2n) is 6.88. The van der Waals surface area contributed by atoms with Gasteiger partial charge in [-0.2, -0.15) is 0 Å². The van der Waals surface area contributed by atoms with E-state index in [0.717, 1.165) is 11.3 Å². The van der Waals surface area contributed by atoms with Gasteiger partial charge in [-0.3, -0.25) is 10.1 Å². The van der Waals surface area contributed by atoms with Gasteiger partial charge in [-0.25, -0.2) is 4.79 Å². The van der Waals surface area contributed by atoms with Gasteiger partial charge >= 0.3 is 5.97 Å². The summed E-state index contributed by atoms with van der Waals surface area (Å²) in [6.45, 7) is 1.77. The number of benzene rings is 2. The lowest BCUT2D eigenvalue weighted by molar-refractivity contribution is -0.383. The zero-order valence-electron chi connectivity index (χ0n) is 16.6. The number of nitro groups is 1. The molecule has 0 bridgehead atoms. The van der Waals surface area contributed by atoms with Crippen molar-refractivity contribution in [3.63, 3.8) is 0 Å². The number of aromatic amines is 1. The van der Waals surface area contributed by atoms with Crippen molar-refractivity contribution in [3.05, 3.63) is 101 Å². The van der Waals surface area contributed by atoms with Crippen molar-refractivity contribution < 1.29 is 18.9 Å². The van der Waals surface area contributed by atoms with Crippen molar-refractivity contribution in [2.45, 2.75) is 13.0 Å². The minimum Gasteiger partial charge on any atom is -0.472 e. The Morgan fingerprint density at radius 3 is 2.71 bits per heavy atom. The highest BCUT2D eigenvalue weighted by atomic mass is 16.6. The average molecular weight is 417 g/mol. The van der Waals surface area contributed by atoms with Gasteiger partial charge in [0.15, 0.2) is 0 Å². The third-order valence-corrected chi connectivity index (χ3v) is 4.77. The van der Waals surface area contributed by atoms with Crippen molar-refractivity contribution in [2.75, 3.05) is 5.32 Å². The summed E-state index contributed by atoms with van der Waals surface area (Å²) in [7, 11) is 0. The first-order chi connectivity index (χ1) is 15.0. The Morgan fingerprint density at radius 1 is 1.13 bits per heavy atom. The first-order valence-corrected chi connectivity index (χ1v) is 9.53. The maximum atomic E-state index is 12.5. The van der Waals surface area contributed by atoms with Crippen LogP contribution in [-0.2, 0) is 4.74 Å². The third kappa shape index (κ3) is 4.48. The van der Waals surface area contributed by atoms with Crippen LogP contribution in [0.2, 0.25) is 0 Å². The summed E-state index contributed by atoms with van der Waals surface area (Å²) in [6, 6.07) is 16.9. The van der Waals surface area contributed by atoms with E-state index in [9.17, 15) is 14.9 Å². The molecule has 2 heterocycles. The van der Waals surface area contributed by atoms with E-state index in [1.165, 1.54) is 18.6 Å². The molecule has 8 heteroatoms. The molecule has 0 radical (unpaired) electrons. The number of hydrogen-bond acceptors (Lipinski definition) is 6. The molecular weight excluding hydrogens is 398 g/mol. The van der Waals surface area contributed by atoms with E-state index in [4.69, 9.17) is 9.15 Å². The molecule has 0 aliphatic rings. The number of carbonyl (C=O) groups is 1. The molecule has 4 aromatic rings. The van der Waals surface area contributed by atoms with Crippen molar-refractivity contribution in [3.8, 4) is 11.1 Å². The number of H-pyrrole nitrogens is 1. The second-order valence-corrected chi connectivity index (χ2v) is 6.88. The van der Waals surface area contributed by atoms with Crippen LogP contribution < -0.4 is 5.32 Å². The minimum absolute atomic E-state index is 0.0907. The van der Waals surface area contributed by atoms with Crippen LogP contribution in [0, 0.1) is 10.1 Å². The molecule has 0 amide bonds. The van der Waals surface area contributed by atoms with E-state index in [1.807, 2.05) is 12.1 Å². The predicted octanol–water partition coefficient (Wildman–Crippen LogP) is 5.84. The lowest BCUT2D eigenvalue weighted by Gasteiger charge is -2.13. The minimum atomic E-state index is -0.490. The molecule has 1 unspecified atom stereocenters.